The number of hydrogen-bond acceptors (Lipinski definition) is 6. The topological polar surface area (TPSA) is 85.8 Å². The largest absolute Gasteiger partial charge is 0.369 e. The van der Waals surface area contributed by atoms with Gasteiger partial charge in [0, 0.05) is 43.5 Å². The van der Waals surface area contributed by atoms with E-state index in [-0.39, 0.29) is 30.6 Å². The molecule has 2 heterocycles. The molecule has 0 bridgehead atoms. The molecule has 1 saturated heterocycles. The quantitative estimate of drug-likeness (QED) is 0.295. The normalized spacial score (nSPS) is 14.2. The average molecular weight is 465 g/mol. The van der Waals surface area contributed by atoms with E-state index in [1.807, 2.05) is 24.3 Å². The number of hydroxylamine groups is 1. The fraction of sp³-hybridized carbons (Fsp3) is 0.227. The van der Waals surface area contributed by atoms with E-state index in [9.17, 15) is 9.59 Å². The van der Waals surface area contributed by atoms with Crippen LogP contribution >= 0.6 is 24.8 Å². The first-order chi connectivity index (χ1) is 14.0. The molecular weight excluding hydrogens is 439 g/mol. The molecular formula is C22H26Cl2N4O3. The molecule has 0 unspecified atom stereocenters. The number of anilines is 1. The Morgan fingerprint density at radius 1 is 0.935 bits per heavy atom. The van der Waals surface area contributed by atoms with Gasteiger partial charge in [0.15, 0.2) is 5.78 Å². The summed E-state index contributed by atoms with van der Waals surface area (Å²) >= 11 is 0. The number of likely N-dealkylation sites (N-methyl/N-ethyl adjacent to an activating group) is 1. The molecule has 0 radical (unpaired) electrons. The highest BCUT2D eigenvalue weighted by Crippen LogP contribution is 2.17. The molecule has 2 N–H and O–H groups in total. The number of benzene rings is 1. The van der Waals surface area contributed by atoms with Crippen molar-refractivity contribution < 1.29 is 14.8 Å². The smallest absolute Gasteiger partial charge is 0.267 e. The van der Waals surface area contributed by atoms with E-state index < -0.39 is 5.91 Å². The van der Waals surface area contributed by atoms with Gasteiger partial charge in [-0.05, 0) is 61.7 Å². The second-order valence-corrected chi connectivity index (χ2v) is 6.83. The molecule has 7 nitrogen and oxygen atoms in total. The molecule has 1 amide bonds. The van der Waals surface area contributed by atoms with Crippen molar-refractivity contribution in [3.8, 4) is 0 Å². The summed E-state index contributed by atoms with van der Waals surface area (Å²) in [7, 11) is 2.12. The Bertz CT molecular complexity index is 925. The van der Waals surface area contributed by atoms with E-state index in [4.69, 9.17) is 5.21 Å². The number of nitrogens with one attached hydrogen (secondary N) is 1. The van der Waals surface area contributed by atoms with Crippen LogP contribution in [-0.4, -0.2) is 60.0 Å². The third-order valence-corrected chi connectivity index (χ3v) is 4.73. The van der Waals surface area contributed by atoms with E-state index in [0.29, 0.717) is 17.0 Å². The fourth-order valence-electron chi connectivity index (χ4n) is 3.01. The van der Waals surface area contributed by atoms with Crippen LogP contribution in [0.3, 0.4) is 0 Å². The van der Waals surface area contributed by atoms with Gasteiger partial charge in [-0.25, -0.2) is 10.5 Å². The number of halogens is 2. The lowest BCUT2D eigenvalue weighted by atomic mass is 10.1. The molecule has 1 aromatic carbocycles. The van der Waals surface area contributed by atoms with Crippen LogP contribution in [0.1, 0.15) is 21.7 Å². The summed E-state index contributed by atoms with van der Waals surface area (Å²) in [6.07, 6.45) is 5.77. The zero-order chi connectivity index (χ0) is 20.6. The Morgan fingerprint density at radius 2 is 1.52 bits per heavy atom. The van der Waals surface area contributed by atoms with Crippen LogP contribution in [0.4, 0.5) is 5.69 Å². The number of piperazine rings is 1. The number of amides is 1. The highest BCUT2D eigenvalue weighted by atomic mass is 35.5. The number of nitrogens with zero attached hydrogens (tertiary/aromatic N) is 3. The first-order valence-electron chi connectivity index (χ1n) is 9.40. The standard InChI is InChI=1S/C22H24N4O3.2ClH/c1-25-13-15-26(16-14-25)20-9-5-17(6-10-20)21(27)11-7-18-3-2-4-19(23-18)8-12-22(28)24-29;;/h2-12,29H,13-16H2,1H3,(H,24,28);2*1H. The van der Waals surface area contributed by atoms with Crippen molar-refractivity contribution in [3.05, 3.63) is 71.6 Å². The molecule has 0 aliphatic carbocycles. The van der Waals surface area contributed by atoms with Gasteiger partial charge in [-0.2, -0.15) is 0 Å². The van der Waals surface area contributed by atoms with Gasteiger partial charge in [-0.1, -0.05) is 6.07 Å². The van der Waals surface area contributed by atoms with E-state index in [2.05, 4.69) is 21.8 Å². The summed E-state index contributed by atoms with van der Waals surface area (Å²) < 4.78 is 0. The molecule has 1 aliphatic heterocycles. The van der Waals surface area contributed by atoms with Crippen molar-refractivity contribution in [2.24, 2.45) is 0 Å². The number of aromatic nitrogens is 1. The maximum atomic E-state index is 12.5. The first-order valence-corrected chi connectivity index (χ1v) is 9.40. The van der Waals surface area contributed by atoms with Crippen molar-refractivity contribution in [3.63, 3.8) is 0 Å². The lowest BCUT2D eigenvalue weighted by molar-refractivity contribution is -0.124. The van der Waals surface area contributed by atoms with Crippen molar-refractivity contribution in [2.75, 3.05) is 38.1 Å². The second-order valence-electron chi connectivity index (χ2n) is 6.83. The van der Waals surface area contributed by atoms with E-state index >= 15 is 0 Å². The Balaban J connectivity index is 0.00000240. The summed E-state index contributed by atoms with van der Waals surface area (Å²) in [6.45, 7) is 4.05. The molecule has 9 heteroatoms. The van der Waals surface area contributed by atoms with Crippen LogP contribution in [0.5, 0.6) is 0 Å². The van der Waals surface area contributed by atoms with Gasteiger partial charge < -0.3 is 9.80 Å². The molecule has 3 rings (SSSR count). The SMILES string of the molecule is CN1CCN(c2ccc(C(=O)C=Cc3cccc(C=CC(=O)NO)n3)cc2)CC1.Cl.Cl. The Morgan fingerprint density at radius 3 is 2.10 bits per heavy atom. The molecule has 1 aromatic heterocycles. The van der Waals surface area contributed by atoms with Crippen LogP contribution in [0, 0.1) is 0 Å². The van der Waals surface area contributed by atoms with Crippen LogP contribution in [0.2, 0.25) is 0 Å². The van der Waals surface area contributed by atoms with Gasteiger partial charge >= 0.3 is 0 Å². The number of hydrogen-bond donors (Lipinski definition) is 2. The lowest BCUT2D eigenvalue weighted by Crippen LogP contribution is -2.44. The minimum atomic E-state index is -0.636. The molecule has 1 fully saturated rings. The molecule has 0 spiro atoms. The minimum absolute atomic E-state index is 0. The summed E-state index contributed by atoms with van der Waals surface area (Å²) in [6, 6.07) is 12.9. The van der Waals surface area contributed by atoms with Crippen LogP contribution in [0.15, 0.2) is 54.6 Å². The minimum Gasteiger partial charge on any atom is -0.369 e. The van der Waals surface area contributed by atoms with Crippen molar-refractivity contribution in [1.82, 2.24) is 15.4 Å². The molecule has 0 atom stereocenters. The number of carbonyl (C=O) groups is 2. The van der Waals surface area contributed by atoms with Gasteiger partial charge in [0.2, 0.25) is 0 Å². The average Bonchev–Trinajstić information content (AvgIpc) is 2.76. The number of ketones is 1. The predicted molar refractivity (Wildman–Crippen MR) is 127 cm³/mol. The fourth-order valence-corrected chi connectivity index (χ4v) is 3.01. The lowest BCUT2D eigenvalue weighted by Gasteiger charge is -2.34. The molecule has 166 valence electrons. The third kappa shape index (κ3) is 7.80. The summed E-state index contributed by atoms with van der Waals surface area (Å²) in [5.74, 6) is -0.736. The summed E-state index contributed by atoms with van der Waals surface area (Å²) in [5.41, 5.74) is 4.41. The van der Waals surface area contributed by atoms with E-state index in [0.717, 1.165) is 31.9 Å². The van der Waals surface area contributed by atoms with E-state index in [1.54, 1.807) is 24.3 Å². The third-order valence-electron chi connectivity index (χ3n) is 4.73. The highest BCUT2D eigenvalue weighted by molar-refractivity contribution is 6.06. The monoisotopic (exact) mass is 464 g/mol. The number of allylic oxidation sites excluding steroid dienone is 1. The molecule has 0 saturated carbocycles. The maximum absolute atomic E-state index is 12.5. The summed E-state index contributed by atoms with van der Waals surface area (Å²) in [4.78, 5) is 32.5. The first kappa shape index (κ1) is 26.3. The van der Waals surface area contributed by atoms with Crippen LogP contribution in [-0.2, 0) is 4.79 Å². The molecule has 1 aliphatic rings. The Labute approximate surface area is 194 Å². The second kappa shape index (κ2) is 12.9. The van der Waals surface area contributed by atoms with Gasteiger partial charge in [0.1, 0.15) is 0 Å². The maximum Gasteiger partial charge on any atom is 0.267 e. The Hall–Kier alpha value is -2.71. The van der Waals surface area contributed by atoms with Crippen LogP contribution in [0.25, 0.3) is 12.2 Å². The van der Waals surface area contributed by atoms with Gasteiger partial charge in [0.05, 0.1) is 11.4 Å². The number of pyridine rings is 1. The van der Waals surface area contributed by atoms with Crippen molar-refractivity contribution in [1.29, 1.82) is 0 Å². The molecule has 2 aromatic rings. The zero-order valence-corrected chi connectivity index (χ0v) is 18.7. The zero-order valence-electron chi connectivity index (χ0n) is 17.1. The number of rotatable bonds is 6. The van der Waals surface area contributed by atoms with Crippen LogP contribution < -0.4 is 10.4 Å². The van der Waals surface area contributed by atoms with E-state index in [1.165, 1.54) is 23.7 Å². The molecule has 31 heavy (non-hydrogen) atoms. The van der Waals surface area contributed by atoms with Gasteiger partial charge in [-0.3, -0.25) is 14.8 Å². The van der Waals surface area contributed by atoms with Gasteiger partial charge in [0.25, 0.3) is 5.91 Å². The van der Waals surface area contributed by atoms with Crippen molar-refractivity contribution >= 4 is 54.3 Å². The summed E-state index contributed by atoms with van der Waals surface area (Å²) in [5, 5.41) is 8.50. The number of carbonyl (C=O) groups excluding carboxylic acids is 2. The highest BCUT2D eigenvalue weighted by Gasteiger charge is 2.14. The predicted octanol–water partition coefficient (Wildman–Crippen LogP) is 3.09. The Kier molecular flexibility index (Phi) is 10.9. The van der Waals surface area contributed by atoms with Crippen molar-refractivity contribution in [2.45, 2.75) is 0 Å². The van der Waals surface area contributed by atoms with Gasteiger partial charge in [-0.15, -0.1) is 24.8 Å².